The minimum atomic E-state index is -0.946. The minimum Gasteiger partial charge on any atom is -0.478 e. The molecular weight excluding hydrogens is 276 g/mol. The molecule has 0 bridgehead atoms. The van der Waals surface area contributed by atoms with Crippen LogP contribution in [0.3, 0.4) is 0 Å². The largest absolute Gasteiger partial charge is 0.478 e. The van der Waals surface area contributed by atoms with Gasteiger partial charge in [0.2, 0.25) is 0 Å². The predicted molar refractivity (Wildman–Crippen MR) is 79.8 cm³/mol. The number of aromatic carboxylic acids is 1. The van der Waals surface area contributed by atoms with Crippen molar-refractivity contribution < 1.29 is 9.90 Å². The van der Waals surface area contributed by atoms with E-state index in [1.165, 1.54) is 19.4 Å². The zero-order valence-corrected chi connectivity index (χ0v) is 12.1. The third kappa shape index (κ3) is 2.50. The molecule has 2 aliphatic heterocycles. The summed E-state index contributed by atoms with van der Waals surface area (Å²) in [5, 5.41) is 9.74. The van der Waals surface area contributed by atoms with E-state index in [1.54, 1.807) is 6.07 Å². The van der Waals surface area contributed by atoms with Crippen LogP contribution in [-0.4, -0.2) is 48.2 Å². The molecule has 0 saturated carbocycles. The second-order valence-electron chi connectivity index (χ2n) is 5.57. The van der Waals surface area contributed by atoms with Crippen LogP contribution in [0.4, 0.5) is 5.69 Å². The van der Waals surface area contributed by atoms with Crippen LogP contribution in [-0.2, 0) is 0 Å². The van der Waals surface area contributed by atoms with Crippen molar-refractivity contribution in [2.24, 2.45) is 0 Å². The van der Waals surface area contributed by atoms with Gasteiger partial charge in [-0.15, -0.1) is 0 Å². The van der Waals surface area contributed by atoms with E-state index in [1.807, 2.05) is 12.1 Å². The molecule has 1 aromatic rings. The number of nitrogens with zero attached hydrogens (tertiary/aromatic N) is 2. The molecule has 1 atom stereocenters. The van der Waals surface area contributed by atoms with E-state index in [0.717, 1.165) is 31.7 Å². The summed E-state index contributed by atoms with van der Waals surface area (Å²) in [5.41, 5.74) is 0.999. The molecule has 108 valence electrons. The average molecular weight is 295 g/mol. The summed E-state index contributed by atoms with van der Waals surface area (Å²) in [6.45, 7) is 4.10. The van der Waals surface area contributed by atoms with Gasteiger partial charge >= 0.3 is 5.97 Å². The first-order valence-electron chi connectivity index (χ1n) is 7.17. The maximum Gasteiger partial charge on any atom is 0.339 e. The lowest BCUT2D eigenvalue weighted by Crippen LogP contribution is -2.37. The molecule has 0 radical (unpaired) electrons. The Morgan fingerprint density at radius 2 is 2.05 bits per heavy atom. The lowest BCUT2D eigenvalue weighted by molar-refractivity contribution is 0.0697. The van der Waals surface area contributed by atoms with E-state index >= 15 is 0 Å². The fourth-order valence-electron chi connectivity index (χ4n) is 3.41. The van der Waals surface area contributed by atoms with E-state index in [0.29, 0.717) is 11.1 Å². The molecule has 0 aliphatic carbocycles. The zero-order chi connectivity index (χ0) is 14.1. The maximum absolute atomic E-state index is 11.5. The number of rotatable bonds is 2. The third-order valence-electron chi connectivity index (χ3n) is 4.35. The smallest absolute Gasteiger partial charge is 0.339 e. The molecule has 20 heavy (non-hydrogen) atoms. The number of carbonyl (C=O) groups is 1. The van der Waals surface area contributed by atoms with Crippen molar-refractivity contribution in [1.29, 1.82) is 0 Å². The van der Waals surface area contributed by atoms with Crippen LogP contribution in [0.15, 0.2) is 18.2 Å². The van der Waals surface area contributed by atoms with Gasteiger partial charge in [-0.1, -0.05) is 17.7 Å². The highest BCUT2D eigenvalue weighted by atomic mass is 35.5. The number of halogens is 1. The first kappa shape index (κ1) is 13.7. The van der Waals surface area contributed by atoms with Gasteiger partial charge in [0.25, 0.3) is 0 Å². The molecule has 0 spiro atoms. The van der Waals surface area contributed by atoms with E-state index in [2.05, 4.69) is 9.80 Å². The van der Waals surface area contributed by atoms with E-state index in [9.17, 15) is 9.90 Å². The van der Waals surface area contributed by atoms with E-state index < -0.39 is 5.97 Å². The zero-order valence-electron chi connectivity index (χ0n) is 11.4. The molecule has 2 saturated heterocycles. The Hall–Kier alpha value is -1.26. The van der Waals surface area contributed by atoms with Crippen molar-refractivity contribution in [3.8, 4) is 0 Å². The highest BCUT2D eigenvalue weighted by Gasteiger charge is 2.30. The predicted octanol–water partition coefficient (Wildman–Crippen LogP) is 2.71. The molecule has 2 aliphatic rings. The molecule has 1 aromatic carbocycles. The summed E-state index contributed by atoms with van der Waals surface area (Å²) < 4.78 is 0. The summed E-state index contributed by atoms with van der Waals surface area (Å²) in [5.74, 6) is -0.946. The van der Waals surface area contributed by atoms with Gasteiger partial charge in [-0.2, -0.15) is 0 Å². The molecule has 1 unspecified atom stereocenters. The van der Waals surface area contributed by atoms with Crippen LogP contribution in [0.25, 0.3) is 0 Å². The highest BCUT2D eigenvalue weighted by Crippen LogP contribution is 2.31. The van der Waals surface area contributed by atoms with Crippen molar-refractivity contribution >= 4 is 23.3 Å². The molecule has 2 fully saturated rings. The number of benzene rings is 1. The summed E-state index contributed by atoms with van der Waals surface area (Å²) >= 11 is 6.08. The summed E-state index contributed by atoms with van der Waals surface area (Å²) in [7, 11) is 0. The van der Waals surface area contributed by atoms with Gasteiger partial charge in [0, 0.05) is 25.7 Å². The molecule has 0 amide bonds. The molecule has 2 heterocycles. The summed E-state index contributed by atoms with van der Waals surface area (Å²) in [6, 6.07) is 5.91. The number of fused-ring (bicyclic) bond motifs is 1. The van der Waals surface area contributed by atoms with Gasteiger partial charge in [0.1, 0.15) is 5.56 Å². The Morgan fingerprint density at radius 1 is 1.25 bits per heavy atom. The quantitative estimate of drug-likeness (QED) is 0.911. The van der Waals surface area contributed by atoms with Crippen LogP contribution >= 0.6 is 11.6 Å². The van der Waals surface area contributed by atoms with Crippen molar-refractivity contribution in [3.63, 3.8) is 0 Å². The first-order valence-corrected chi connectivity index (χ1v) is 7.55. The second-order valence-corrected chi connectivity index (χ2v) is 5.98. The Kier molecular flexibility index (Phi) is 3.85. The van der Waals surface area contributed by atoms with Crippen molar-refractivity contribution in [1.82, 2.24) is 4.90 Å². The van der Waals surface area contributed by atoms with Crippen LogP contribution in [0.2, 0.25) is 5.02 Å². The monoisotopic (exact) mass is 294 g/mol. The van der Waals surface area contributed by atoms with Crippen molar-refractivity contribution in [2.45, 2.75) is 25.3 Å². The molecule has 5 heteroatoms. The molecule has 0 aromatic heterocycles. The van der Waals surface area contributed by atoms with Crippen molar-refractivity contribution in [3.05, 3.63) is 28.8 Å². The Balaban J connectivity index is 1.92. The fraction of sp³-hybridized carbons (Fsp3) is 0.533. The molecule has 4 nitrogen and oxygen atoms in total. The van der Waals surface area contributed by atoms with Crippen LogP contribution in [0.5, 0.6) is 0 Å². The Bertz CT molecular complexity index is 521. The standard InChI is InChI=1S/C15H19ClN2O2/c16-12-5-1-6-13(14(12)15(19)20)18-9-3-8-17-7-2-4-11(17)10-18/h1,5-6,11H,2-4,7-10H2,(H,19,20). The lowest BCUT2D eigenvalue weighted by Gasteiger charge is -2.28. The van der Waals surface area contributed by atoms with Gasteiger partial charge in [0.15, 0.2) is 0 Å². The average Bonchev–Trinajstić information content (AvgIpc) is 2.75. The van der Waals surface area contributed by atoms with Gasteiger partial charge in [0.05, 0.1) is 10.7 Å². The van der Waals surface area contributed by atoms with Crippen LogP contribution < -0.4 is 4.90 Å². The number of hydrogen-bond donors (Lipinski definition) is 1. The molecule has 3 rings (SSSR count). The SMILES string of the molecule is O=C(O)c1c(Cl)cccc1N1CCCN2CCCC2C1. The maximum atomic E-state index is 11.5. The number of anilines is 1. The third-order valence-corrected chi connectivity index (χ3v) is 4.66. The first-order chi connectivity index (χ1) is 9.66. The Morgan fingerprint density at radius 3 is 2.85 bits per heavy atom. The molecular formula is C15H19ClN2O2. The minimum absolute atomic E-state index is 0.237. The topological polar surface area (TPSA) is 43.8 Å². The van der Waals surface area contributed by atoms with Gasteiger partial charge in [-0.25, -0.2) is 4.79 Å². The summed E-state index contributed by atoms with van der Waals surface area (Å²) in [4.78, 5) is 16.2. The van der Waals surface area contributed by atoms with Gasteiger partial charge in [-0.3, -0.25) is 4.90 Å². The normalized spacial score (nSPS) is 23.4. The van der Waals surface area contributed by atoms with Crippen molar-refractivity contribution in [2.75, 3.05) is 31.1 Å². The lowest BCUT2D eigenvalue weighted by atomic mass is 10.1. The summed E-state index contributed by atoms with van der Waals surface area (Å²) in [6.07, 6.45) is 3.53. The molecule has 1 N–H and O–H groups in total. The number of carboxylic acids is 1. The van der Waals surface area contributed by atoms with Crippen LogP contribution in [0.1, 0.15) is 29.6 Å². The number of carboxylic acid groups (broad SMARTS) is 1. The van der Waals surface area contributed by atoms with E-state index in [-0.39, 0.29) is 5.56 Å². The fourth-order valence-corrected chi connectivity index (χ4v) is 3.66. The van der Waals surface area contributed by atoms with Gasteiger partial charge < -0.3 is 10.0 Å². The second kappa shape index (κ2) is 5.62. The Labute approximate surface area is 123 Å². The van der Waals surface area contributed by atoms with Gasteiger partial charge in [-0.05, 0) is 37.9 Å². The number of hydrogen-bond acceptors (Lipinski definition) is 3. The highest BCUT2D eigenvalue weighted by molar-refractivity contribution is 6.34. The van der Waals surface area contributed by atoms with E-state index in [4.69, 9.17) is 11.6 Å². The van der Waals surface area contributed by atoms with Crippen LogP contribution in [0, 0.1) is 0 Å².